The number of carbonyl (C=O) groups excluding carboxylic acids is 2. The molecule has 2 aromatic rings. The second-order valence-electron chi connectivity index (χ2n) is 8.50. The van der Waals surface area contributed by atoms with Gasteiger partial charge in [-0.2, -0.15) is 0 Å². The molecule has 5 nitrogen and oxygen atoms in total. The van der Waals surface area contributed by atoms with E-state index in [9.17, 15) is 19.1 Å². The van der Waals surface area contributed by atoms with Crippen LogP contribution in [0.3, 0.4) is 0 Å². The molecule has 0 radical (unpaired) electrons. The van der Waals surface area contributed by atoms with Gasteiger partial charge in [-0.3, -0.25) is 9.59 Å². The van der Waals surface area contributed by atoms with E-state index in [1.54, 1.807) is 12.1 Å². The summed E-state index contributed by atoms with van der Waals surface area (Å²) >= 11 is 0. The van der Waals surface area contributed by atoms with Crippen LogP contribution in [0.25, 0.3) is 16.7 Å². The number of amides is 1. The minimum Gasteiger partial charge on any atom is -0.428 e. The molecule has 0 bridgehead atoms. The van der Waals surface area contributed by atoms with Crippen LogP contribution < -0.4 is 5.32 Å². The van der Waals surface area contributed by atoms with Crippen molar-refractivity contribution in [3.05, 3.63) is 65.2 Å². The molecule has 31 heavy (non-hydrogen) atoms. The summed E-state index contributed by atoms with van der Waals surface area (Å²) < 4.78 is 19.0. The fourth-order valence-corrected chi connectivity index (χ4v) is 4.63. The Morgan fingerprint density at radius 3 is 2.42 bits per heavy atom. The van der Waals surface area contributed by atoms with Gasteiger partial charge in [0, 0.05) is 13.5 Å². The number of carbonyl (C=O) groups is 2. The van der Waals surface area contributed by atoms with E-state index in [0.29, 0.717) is 29.7 Å². The molecule has 1 spiro atoms. The minimum absolute atomic E-state index is 0.113. The molecule has 0 atom stereocenters. The molecule has 0 aromatic heterocycles. The summed E-state index contributed by atoms with van der Waals surface area (Å²) in [5.41, 5.74) is 2.88. The van der Waals surface area contributed by atoms with E-state index in [1.807, 2.05) is 25.1 Å². The van der Waals surface area contributed by atoms with Crippen LogP contribution in [-0.4, -0.2) is 29.1 Å². The Hall–Kier alpha value is -2.99. The van der Waals surface area contributed by atoms with Crippen LogP contribution in [0.15, 0.2) is 48.2 Å². The van der Waals surface area contributed by atoms with Crippen molar-refractivity contribution in [3.63, 3.8) is 0 Å². The molecule has 2 aromatic carbocycles. The van der Waals surface area contributed by atoms with Crippen LogP contribution >= 0.6 is 0 Å². The van der Waals surface area contributed by atoms with Crippen molar-refractivity contribution in [2.75, 3.05) is 6.61 Å². The number of benzene rings is 2. The lowest BCUT2D eigenvalue weighted by Gasteiger charge is -2.37. The average Bonchev–Trinajstić information content (AvgIpc) is 3.00. The summed E-state index contributed by atoms with van der Waals surface area (Å²) in [6, 6.07) is 11.9. The van der Waals surface area contributed by atoms with Crippen LogP contribution in [0.1, 0.15) is 43.7 Å². The van der Waals surface area contributed by atoms with Crippen molar-refractivity contribution in [1.82, 2.24) is 5.32 Å². The second-order valence-corrected chi connectivity index (χ2v) is 8.50. The van der Waals surface area contributed by atoms with Gasteiger partial charge in [0.15, 0.2) is 0 Å². The Bertz CT molecular complexity index is 1050. The molecule has 4 rings (SSSR count). The molecule has 162 valence electrons. The normalized spacial score (nSPS) is 23.2. The smallest absolute Gasteiger partial charge is 0.307 e. The number of hydrogen-bond acceptors (Lipinski definition) is 4. The van der Waals surface area contributed by atoms with Crippen molar-refractivity contribution >= 4 is 17.4 Å². The minimum atomic E-state index is -0.734. The average molecular weight is 423 g/mol. The number of halogens is 1. The summed E-state index contributed by atoms with van der Waals surface area (Å²) in [5, 5.41) is 12.6. The maximum Gasteiger partial charge on any atom is 0.307 e. The number of esters is 1. The van der Waals surface area contributed by atoms with Gasteiger partial charge in [-0.25, -0.2) is 4.39 Å². The predicted octanol–water partition coefficient (Wildman–Crippen LogP) is 4.13. The van der Waals surface area contributed by atoms with Gasteiger partial charge in [0.05, 0.1) is 11.1 Å². The zero-order valence-electron chi connectivity index (χ0n) is 17.7. The maximum absolute atomic E-state index is 13.3. The highest BCUT2D eigenvalue weighted by Crippen LogP contribution is 2.45. The topological polar surface area (TPSA) is 75.6 Å². The van der Waals surface area contributed by atoms with E-state index < -0.39 is 11.5 Å². The van der Waals surface area contributed by atoms with Gasteiger partial charge in [-0.15, -0.1) is 0 Å². The highest BCUT2D eigenvalue weighted by molar-refractivity contribution is 6.24. The van der Waals surface area contributed by atoms with Crippen molar-refractivity contribution in [2.45, 2.75) is 45.1 Å². The number of aliphatic hydroxyl groups is 1. The van der Waals surface area contributed by atoms with Crippen LogP contribution in [0, 0.1) is 18.7 Å². The maximum atomic E-state index is 13.3. The summed E-state index contributed by atoms with van der Waals surface area (Å²) in [6.07, 6.45) is 2.69. The molecule has 2 aliphatic rings. The zero-order valence-corrected chi connectivity index (χ0v) is 17.7. The highest BCUT2D eigenvalue weighted by atomic mass is 19.1. The monoisotopic (exact) mass is 423 g/mol. The number of ether oxygens (including phenoxy) is 1. The summed E-state index contributed by atoms with van der Waals surface area (Å²) in [5.74, 6) is -0.487. The molecular weight excluding hydrogens is 397 g/mol. The Labute approximate surface area is 180 Å². The first-order valence-electron chi connectivity index (χ1n) is 10.6. The van der Waals surface area contributed by atoms with Crippen molar-refractivity contribution in [1.29, 1.82) is 0 Å². The van der Waals surface area contributed by atoms with Gasteiger partial charge in [0.1, 0.15) is 11.6 Å². The van der Waals surface area contributed by atoms with Gasteiger partial charge in [0.25, 0.3) is 5.91 Å². The lowest BCUT2D eigenvalue weighted by atomic mass is 9.75. The fraction of sp³-hybridized carbons (Fsp3) is 0.360. The lowest BCUT2D eigenvalue weighted by molar-refractivity contribution is -0.138. The van der Waals surface area contributed by atoms with E-state index in [2.05, 4.69) is 5.32 Å². The number of aliphatic hydroxyl groups excluding tert-OH is 1. The third kappa shape index (κ3) is 4.00. The summed E-state index contributed by atoms with van der Waals surface area (Å²) in [7, 11) is 0. The van der Waals surface area contributed by atoms with Crippen LogP contribution in [0.2, 0.25) is 0 Å². The van der Waals surface area contributed by atoms with Gasteiger partial charge in [0.2, 0.25) is 0 Å². The van der Waals surface area contributed by atoms with Crippen molar-refractivity contribution in [3.8, 4) is 11.1 Å². The Kier molecular flexibility index (Phi) is 5.67. The Balaban J connectivity index is 1.82. The molecule has 1 amide bonds. The SMILES string of the molecule is CC(=O)OC1=C(c2cc(-c3ccc(F)cc3)ccc2C)C(=O)N[C@]12CC[C@@H](CO)CC2. The number of aryl methyl sites for hydroxylation is 1. The fourth-order valence-electron chi connectivity index (χ4n) is 4.63. The molecule has 1 aliphatic heterocycles. The highest BCUT2D eigenvalue weighted by Gasteiger charge is 2.49. The molecule has 1 saturated carbocycles. The second kappa shape index (κ2) is 8.27. The van der Waals surface area contributed by atoms with Crippen LogP contribution in [-0.2, 0) is 14.3 Å². The molecular formula is C25H26FNO4. The third-order valence-corrected chi connectivity index (χ3v) is 6.39. The van der Waals surface area contributed by atoms with Crippen LogP contribution in [0.4, 0.5) is 4.39 Å². The third-order valence-electron chi connectivity index (χ3n) is 6.39. The van der Waals surface area contributed by atoms with E-state index in [0.717, 1.165) is 29.5 Å². The molecule has 1 heterocycles. The van der Waals surface area contributed by atoms with Crippen LogP contribution in [0.5, 0.6) is 0 Å². The molecule has 1 fully saturated rings. The predicted molar refractivity (Wildman–Crippen MR) is 115 cm³/mol. The summed E-state index contributed by atoms with van der Waals surface area (Å²) in [4.78, 5) is 25.1. The van der Waals surface area contributed by atoms with Gasteiger partial charge in [-0.05, 0) is 79.0 Å². The Morgan fingerprint density at radius 2 is 1.81 bits per heavy atom. The molecule has 2 N–H and O–H groups in total. The quantitative estimate of drug-likeness (QED) is 0.726. The van der Waals surface area contributed by atoms with Gasteiger partial charge < -0.3 is 15.2 Å². The first-order chi connectivity index (χ1) is 14.8. The Morgan fingerprint density at radius 1 is 1.16 bits per heavy atom. The standard InChI is InChI=1S/C25H26FNO4/c1-15-3-4-19(18-5-7-20(26)8-6-18)13-21(15)22-23(31-16(2)29)25(27-24(22)30)11-9-17(14-28)10-12-25/h3-8,13,17,28H,9-12,14H2,1-2H3,(H,27,30)/t17-,25+. The molecule has 6 heteroatoms. The first kappa shape index (κ1) is 21.2. The number of nitrogens with one attached hydrogen (secondary N) is 1. The lowest BCUT2D eigenvalue weighted by Crippen LogP contribution is -2.48. The molecule has 0 saturated heterocycles. The first-order valence-corrected chi connectivity index (χ1v) is 10.6. The van der Waals surface area contributed by atoms with E-state index in [4.69, 9.17) is 4.74 Å². The number of hydrogen-bond donors (Lipinski definition) is 2. The van der Waals surface area contributed by atoms with Gasteiger partial charge in [-0.1, -0.05) is 24.3 Å². The zero-order chi connectivity index (χ0) is 22.2. The van der Waals surface area contributed by atoms with E-state index >= 15 is 0 Å². The van der Waals surface area contributed by atoms with E-state index in [-0.39, 0.29) is 24.2 Å². The van der Waals surface area contributed by atoms with Crippen molar-refractivity contribution < 1.29 is 23.8 Å². The molecule has 1 aliphatic carbocycles. The van der Waals surface area contributed by atoms with E-state index in [1.165, 1.54) is 19.1 Å². The molecule has 0 unspecified atom stereocenters. The summed E-state index contributed by atoms with van der Waals surface area (Å²) in [6.45, 7) is 3.35. The largest absolute Gasteiger partial charge is 0.428 e. The number of rotatable bonds is 4. The van der Waals surface area contributed by atoms with Gasteiger partial charge >= 0.3 is 5.97 Å². The van der Waals surface area contributed by atoms with Crippen molar-refractivity contribution in [2.24, 2.45) is 5.92 Å².